The van der Waals surface area contributed by atoms with Crippen molar-refractivity contribution in [2.24, 2.45) is 0 Å². The van der Waals surface area contributed by atoms with Crippen LogP contribution in [0.15, 0.2) is 47.0 Å². The molecule has 1 saturated heterocycles. The van der Waals surface area contributed by atoms with Crippen LogP contribution in [0.4, 0.5) is 14.5 Å². The van der Waals surface area contributed by atoms with E-state index in [9.17, 15) is 13.6 Å². The number of rotatable bonds is 3. The largest absolute Gasteiger partial charge is 0.334 e. The molecule has 5 nitrogen and oxygen atoms in total. The normalized spacial score (nSPS) is 17.1. The lowest BCUT2D eigenvalue weighted by Gasteiger charge is -2.16. The Labute approximate surface area is 148 Å². The second-order valence-corrected chi connectivity index (χ2v) is 6.33. The average molecular weight is 355 g/mol. The minimum Gasteiger partial charge on any atom is -0.334 e. The van der Waals surface area contributed by atoms with Crippen molar-refractivity contribution < 1.29 is 18.1 Å². The number of aromatic nitrogens is 2. The van der Waals surface area contributed by atoms with Gasteiger partial charge in [-0.1, -0.05) is 22.9 Å². The van der Waals surface area contributed by atoms with Gasteiger partial charge in [-0.2, -0.15) is 4.98 Å². The summed E-state index contributed by atoms with van der Waals surface area (Å²) in [4.78, 5) is 18.1. The Morgan fingerprint density at radius 3 is 2.62 bits per heavy atom. The highest BCUT2D eigenvalue weighted by atomic mass is 19.2. The first-order chi connectivity index (χ1) is 12.5. The molecule has 1 unspecified atom stereocenters. The van der Waals surface area contributed by atoms with Gasteiger partial charge in [0.15, 0.2) is 17.5 Å². The van der Waals surface area contributed by atoms with E-state index in [-0.39, 0.29) is 24.8 Å². The van der Waals surface area contributed by atoms with E-state index in [0.29, 0.717) is 17.4 Å². The first-order valence-electron chi connectivity index (χ1n) is 8.17. The molecule has 2 aromatic carbocycles. The van der Waals surface area contributed by atoms with Crippen LogP contribution in [0.25, 0.3) is 11.5 Å². The first-order valence-corrected chi connectivity index (χ1v) is 8.17. The molecule has 4 rings (SSSR count). The third kappa shape index (κ3) is 2.96. The van der Waals surface area contributed by atoms with Gasteiger partial charge >= 0.3 is 0 Å². The summed E-state index contributed by atoms with van der Waals surface area (Å²) in [5.74, 6) is -1.57. The number of carbonyl (C=O) groups excluding carboxylic acids is 1. The maximum absolute atomic E-state index is 13.4. The summed E-state index contributed by atoms with van der Waals surface area (Å²) in [7, 11) is 0. The van der Waals surface area contributed by atoms with Crippen LogP contribution in [0.1, 0.15) is 23.7 Å². The molecule has 0 aliphatic carbocycles. The van der Waals surface area contributed by atoms with Gasteiger partial charge < -0.3 is 9.42 Å². The lowest BCUT2D eigenvalue weighted by molar-refractivity contribution is -0.117. The van der Waals surface area contributed by atoms with Crippen molar-refractivity contribution >= 4 is 11.6 Å². The number of aryl methyl sites for hydroxylation is 1. The summed E-state index contributed by atoms with van der Waals surface area (Å²) in [6, 6.07) is 11.1. The van der Waals surface area contributed by atoms with Crippen LogP contribution in [-0.4, -0.2) is 22.6 Å². The van der Waals surface area contributed by atoms with E-state index in [1.54, 1.807) is 0 Å². The minimum absolute atomic E-state index is 0.186. The van der Waals surface area contributed by atoms with Gasteiger partial charge in [-0.15, -0.1) is 0 Å². The maximum atomic E-state index is 13.4. The second-order valence-electron chi connectivity index (χ2n) is 6.33. The number of halogens is 2. The Kier molecular flexibility index (Phi) is 3.99. The van der Waals surface area contributed by atoms with Gasteiger partial charge in [-0.25, -0.2) is 8.78 Å². The standard InChI is InChI=1S/C19H15F2N3O2/c1-11-2-4-12(5-3-11)19-22-18(23-26-19)13-8-17(25)24(10-13)14-6-7-15(20)16(21)9-14/h2-7,9,13H,8,10H2,1H3. The summed E-state index contributed by atoms with van der Waals surface area (Å²) < 4.78 is 31.9. The smallest absolute Gasteiger partial charge is 0.257 e. The number of hydrogen-bond acceptors (Lipinski definition) is 4. The Bertz CT molecular complexity index is 969. The van der Waals surface area contributed by atoms with Crippen LogP contribution < -0.4 is 4.90 Å². The number of benzene rings is 2. The highest BCUT2D eigenvalue weighted by Gasteiger charge is 2.35. The zero-order valence-electron chi connectivity index (χ0n) is 13.9. The van der Waals surface area contributed by atoms with E-state index >= 15 is 0 Å². The molecule has 1 fully saturated rings. The van der Waals surface area contributed by atoms with Crippen molar-refractivity contribution in [1.82, 2.24) is 10.1 Å². The van der Waals surface area contributed by atoms with Gasteiger partial charge in [0.25, 0.3) is 5.89 Å². The van der Waals surface area contributed by atoms with Gasteiger partial charge in [0.2, 0.25) is 5.91 Å². The summed E-state index contributed by atoms with van der Waals surface area (Å²) in [6.07, 6.45) is 0.186. The highest BCUT2D eigenvalue weighted by Crippen LogP contribution is 2.32. The van der Waals surface area contributed by atoms with Crippen LogP contribution in [0.5, 0.6) is 0 Å². The van der Waals surface area contributed by atoms with Gasteiger partial charge in [-0.05, 0) is 31.2 Å². The summed E-state index contributed by atoms with van der Waals surface area (Å²) >= 11 is 0. The minimum atomic E-state index is -0.986. The van der Waals surface area contributed by atoms with E-state index in [0.717, 1.165) is 23.3 Å². The van der Waals surface area contributed by atoms with Crippen LogP contribution in [0, 0.1) is 18.6 Å². The first kappa shape index (κ1) is 16.4. The molecular formula is C19H15F2N3O2. The van der Waals surface area contributed by atoms with Crippen molar-refractivity contribution in [1.29, 1.82) is 0 Å². The average Bonchev–Trinajstić information content (AvgIpc) is 3.25. The number of anilines is 1. The number of hydrogen-bond donors (Lipinski definition) is 0. The van der Waals surface area contributed by atoms with Gasteiger partial charge in [0.1, 0.15) is 0 Å². The molecule has 26 heavy (non-hydrogen) atoms. The van der Waals surface area contributed by atoms with E-state index < -0.39 is 11.6 Å². The fourth-order valence-corrected chi connectivity index (χ4v) is 3.00. The molecule has 1 amide bonds. The Balaban J connectivity index is 1.55. The maximum Gasteiger partial charge on any atom is 0.257 e. The third-order valence-corrected chi connectivity index (χ3v) is 4.45. The molecule has 2 heterocycles. The third-order valence-electron chi connectivity index (χ3n) is 4.45. The lowest BCUT2D eigenvalue weighted by Crippen LogP contribution is -2.24. The van der Waals surface area contributed by atoms with Crippen molar-refractivity contribution in [3.8, 4) is 11.5 Å². The van der Waals surface area contributed by atoms with E-state index in [2.05, 4.69) is 10.1 Å². The topological polar surface area (TPSA) is 59.2 Å². The molecular weight excluding hydrogens is 340 g/mol. The second kappa shape index (κ2) is 6.33. The van der Waals surface area contributed by atoms with E-state index in [4.69, 9.17) is 4.52 Å². The molecule has 7 heteroatoms. The molecule has 132 valence electrons. The highest BCUT2D eigenvalue weighted by molar-refractivity contribution is 5.96. The molecule has 0 N–H and O–H groups in total. The van der Waals surface area contributed by atoms with Crippen LogP contribution in [0.2, 0.25) is 0 Å². The molecule has 1 aliphatic rings. The summed E-state index contributed by atoms with van der Waals surface area (Å²) in [5.41, 5.74) is 2.24. The molecule has 0 saturated carbocycles. The predicted octanol–water partition coefficient (Wildman–Crippen LogP) is 3.84. The number of nitrogens with zero attached hydrogens (tertiary/aromatic N) is 3. The van der Waals surface area contributed by atoms with Crippen molar-refractivity contribution in [3.63, 3.8) is 0 Å². The van der Waals surface area contributed by atoms with Crippen LogP contribution in [-0.2, 0) is 4.79 Å². The Morgan fingerprint density at radius 2 is 1.88 bits per heavy atom. The van der Waals surface area contributed by atoms with Crippen LogP contribution >= 0.6 is 0 Å². The lowest BCUT2D eigenvalue weighted by atomic mass is 10.1. The van der Waals surface area contributed by atoms with E-state index in [1.807, 2.05) is 31.2 Å². The van der Waals surface area contributed by atoms with Crippen molar-refractivity contribution in [3.05, 3.63) is 65.5 Å². The molecule has 1 aromatic heterocycles. The molecule has 3 aromatic rings. The monoisotopic (exact) mass is 355 g/mol. The fraction of sp³-hybridized carbons (Fsp3) is 0.211. The molecule has 0 radical (unpaired) electrons. The van der Waals surface area contributed by atoms with Crippen molar-refractivity contribution in [2.75, 3.05) is 11.4 Å². The Morgan fingerprint density at radius 1 is 1.12 bits per heavy atom. The van der Waals surface area contributed by atoms with Crippen LogP contribution in [0.3, 0.4) is 0 Å². The SMILES string of the molecule is Cc1ccc(-c2nc(C3CC(=O)N(c4ccc(F)c(F)c4)C3)no2)cc1. The fourth-order valence-electron chi connectivity index (χ4n) is 3.00. The van der Waals surface area contributed by atoms with Gasteiger partial charge in [0.05, 0.1) is 0 Å². The molecule has 1 atom stereocenters. The number of amides is 1. The molecule has 1 aliphatic heterocycles. The quantitative estimate of drug-likeness (QED) is 0.716. The zero-order valence-corrected chi connectivity index (χ0v) is 13.9. The molecule has 0 spiro atoms. The van der Waals surface area contributed by atoms with E-state index in [1.165, 1.54) is 11.0 Å². The predicted molar refractivity (Wildman–Crippen MR) is 90.5 cm³/mol. The summed E-state index contributed by atoms with van der Waals surface area (Å²) in [6.45, 7) is 2.27. The molecule has 0 bridgehead atoms. The van der Waals surface area contributed by atoms with Gasteiger partial charge in [0, 0.05) is 36.2 Å². The van der Waals surface area contributed by atoms with Crippen molar-refractivity contribution in [2.45, 2.75) is 19.3 Å². The number of carbonyl (C=O) groups is 1. The van der Waals surface area contributed by atoms with Gasteiger partial charge in [-0.3, -0.25) is 4.79 Å². The summed E-state index contributed by atoms with van der Waals surface area (Å²) in [5, 5.41) is 3.99. The zero-order chi connectivity index (χ0) is 18.3. The Hall–Kier alpha value is -3.09.